The molecule has 0 saturated carbocycles. The summed E-state index contributed by atoms with van der Waals surface area (Å²) < 4.78 is 10.7. The van der Waals surface area contributed by atoms with E-state index in [4.69, 9.17) is 9.47 Å². The smallest absolute Gasteiger partial charge is 0.363 e. The average molecular weight is 335 g/mol. The van der Waals surface area contributed by atoms with Gasteiger partial charge < -0.3 is 9.47 Å². The Morgan fingerprint density at radius 3 is 2.68 bits per heavy atom. The third-order valence-corrected chi connectivity index (χ3v) is 4.18. The van der Waals surface area contributed by atoms with E-state index in [9.17, 15) is 4.79 Å². The van der Waals surface area contributed by atoms with Crippen molar-refractivity contribution in [2.75, 3.05) is 7.11 Å². The maximum Gasteiger partial charge on any atom is 0.363 e. The van der Waals surface area contributed by atoms with Crippen LogP contribution in [0.4, 0.5) is 0 Å². The number of nitrogens with zero attached hydrogens (tertiary/aromatic N) is 1. The first-order chi connectivity index (χ1) is 12.1. The van der Waals surface area contributed by atoms with Gasteiger partial charge in [-0.05, 0) is 49.1 Å². The van der Waals surface area contributed by atoms with Gasteiger partial charge >= 0.3 is 5.97 Å². The van der Waals surface area contributed by atoms with E-state index in [1.807, 2.05) is 50.2 Å². The van der Waals surface area contributed by atoms with E-state index >= 15 is 0 Å². The van der Waals surface area contributed by atoms with Crippen molar-refractivity contribution in [3.8, 4) is 5.75 Å². The van der Waals surface area contributed by atoms with Crippen LogP contribution in [0.3, 0.4) is 0 Å². The van der Waals surface area contributed by atoms with E-state index in [0.717, 1.165) is 22.4 Å². The molecule has 0 unspecified atom stereocenters. The minimum absolute atomic E-state index is 0.349. The molecule has 2 aromatic carbocycles. The van der Waals surface area contributed by atoms with Crippen LogP contribution in [0.25, 0.3) is 6.08 Å². The van der Waals surface area contributed by atoms with Crippen LogP contribution in [-0.4, -0.2) is 19.0 Å². The number of aryl methyl sites for hydroxylation is 3. The van der Waals surface area contributed by atoms with E-state index in [2.05, 4.69) is 11.1 Å². The van der Waals surface area contributed by atoms with Crippen molar-refractivity contribution in [3.05, 3.63) is 70.4 Å². The van der Waals surface area contributed by atoms with Gasteiger partial charge in [-0.1, -0.05) is 42.0 Å². The normalized spacial score (nSPS) is 15.2. The van der Waals surface area contributed by atoms with Crippen LogP contribution < -0.4 is 4.74 Å². The molecule has 1 heterocycles. The van der Waals surface area contributed by atoms with Gasteiger partial charge in [-0.15, -0.1) is 0 Å². The quantitative estimate of drug-likeness (QED) is 0.606. The summed E-state index contributed by atoms with van der Waals surface area (Å²) >= 11 is 0. The number of carbonyl (C=O) groups is 1. The summed E-state index contributed by atoms with van der Waals surface area (Å²) in [6.07, 6.45) is 3.04. The van der Waals surface area contributed by atoms with Crippen molar-refractivity contribution < 1.29 is 14.3 Å². The van der Waals surface area contributed by atoms with E-state index in [1.54, 1.807) is 13.2 Å². The second-order valence-electron chi connectivity index (χ2n) is 6.10. The molecule has 0 spiro atoms. The number of hydrogen-bond acceptors (Lipinski definition) is 4. The summed E-state index contributed by atoms with van der Waals surface area (Å²) in [5.74, 6) is 0.889. The second kappa shape index (κ2) is 7.34. The number of para-hydroxylation sites is 1. The lowest BCUT2D eigenvalue weighted by Gasteiger charge is -2.07. The van der Waals surface area contributed by atoms with Crippen molar-refractivity contribution in [2.45, 2.75) is 26.7 Å². The highest BCUT2D eigenvalue weighted by molar-refractivity contribution is 6.07. The van der Waals surface area contributed by atoms with Gasteiger partial charge in [0.25, 0.3) is 0 Å². The van der Waals surface area contributed by atoms with Crippen molar-refractivity contribution in [3.63, 3.8) is 0 Å². The Hall–Kier alpha value is -2.88. The van der Waals surface area contributed by atoms with Crippen molar-refractivity contribution in [1.82, 2.24) is 0 Å². The van der Waals surface area contributed by atoms with Gasteiger partial charge in [-0.3, -0.25) is 0 Å². The van der Waals surface area contributed by atoms with Crippen LogP contribution in [-0.2, 0) is 16.0 Å². The molecule has 1 aliphatic rings. The molecule has 0 radical (unpaired) electrons. The summed E-state index contributed by atoms with van der Waals surface area (Å²) in [5.41, 5.74) is 4.69. The number of rotatable bonds is 5. The van der Waals surface area contributed by atoms with Gasteiger partial charge in [-0.2, -0.15) is 0 Å². The SMILES string of the molecule is COc1ccccc1CCC1=N/C(=C\c2ccc(C)cc2C)C(=O)O1. The van der Waals surface area contributed by atoms with Gasteiger partial charge in [0.05, 0.1) is 7.11 Å². The van der Waals surface area contributed by atoms with Gasteiger partial charge in [0.15, 0.2) is 11.6 Å². The molecule has 2 aromatic rings. The second-order valence-corrected chi connectivity index (χ2v) is 6.10. The van der Waals surface area contributed by atoms with E-state index in [-0.39, 0.29) is 0 Å². The minimum Gasteiger partial charge on any atom is -0.496 e. The maximum atomic E-state index is 12.1. The fraction of sp³-hybridized carbons (Fsp3) is 0.238. The predicted octanol–water partition coefficient (Wildman–Crippen LogP) is 4.24. The molecule has 0 fully saturated rings. The summed E-state index contributed by atoms with van der Waals surface area (Å²) in [6.45, 7) is 4.06. The van der Waals surface area contributed by atoms with E-state index in [0.29, 0.717) is 24.4 Å². The Morgan fingerprint density at radius 2 is 1.92 bits per heavy atom. The zero-order valence-electron chi connectivity index (χ0n) is 14.7. The first kappa shape index (κ1) is 17.0. The number of aliphatic imine (C=N–C) groups is 1. The van der Waals surface area contributed by atoms with Crippen molar-refractivity contribution in [1.29, 1.82) is 0 Å². The molecule has 0 atom stereocenters. The third-order valence-electron chi connectivity index (χ3n) is 4.18. The van der Waals surface area contributed by atoms with Gasteiger partial charge in [0, 0.05) is 6.42 Å². The number of hydrogen-bond donors (Lipinski definition) is 0. The number of esters is 1. The Morgan fingerprint density at radius 1 is 1.12 bits per heavy atom. The Balaban J connectivity index is 1.75. The number of cyclic esters (lactones) is 1. The maximum absolute atomic E-state index is 12.1. The molecule has 128 valence electrons. The first-order valence-electron chi connectivity index (χ1n) is 8.27. The lowest BCUT2D eigenvalue weighted by atomic mass is 10.0. The molecule has 0 bridgehead atoms. The molecule has 0 saturated heterocycles. The molecular weight excluding hydrogens is 314 g/mol. The molecule has 0 aromatic heterocycles. The molecule has 0 N–H and O–H groups in total. The van der Waals surface area contributed by atoms with E-state index in [1.165, 1.54) is 5.56 Å². The fourth-order valence-electron chi connectivity index (χ4n) is 2.85. The van der Waals surface area contributed by atoms with Crippen LogP contribution in [0.1, 0.15) is 28.7 Å². The summed E-state index contributed by atoms with van der Waals surface area (Å²) in [5, 5.41) is 0. The topological polar surface area (TPSA) is 47.9 Å². The summed E-state index contributed by atoms with van der Waals surface area (Å²) in [4.78, 5) is 16.4. The average Bonchev–Trinajstić information content (AvgIpc) is 2.95. The summed E-state index contributed by atoms with van der Waals surface area (Å²) in [7, 11) is 1.65. The van der Waals surface area contributed by atoms with Crippen molar-refractivity contribution in [2.24, 2.45) is 4.99 Å². The largest absolute Gasteiger partial charge is 0.496 e. The lowest BCUT2D eigenvalue weighted by Crippen LogP contribution is -2.05. The zero-order valence-corrected chi connectivity index (χ0v) is 14.7. The highest BCUT2D eigenvalue weighted by Crippen LogP contribution is 2.23. The number of methoxy groups -OCH3 is 1. The highest BCUT2D eigenvalue weighted by atomic mass is 16.6. The molecule has 3 rings (SSSR count). The van der Waals surface area contributed by atoms with Crippen LogP contribution in [0.2, 0.25) is 0 Å². The fourth-order valence-corrected chi connectivity index (χ4v) is 2.85. The summed E-state index contributed by atoms with van der Waals surface area (Å²) in [6, 6.07) is 13.9. The first-order valence-corrected chi connectivity index (χ1v) is 8.27. The molecule has 1 aliphatic heterocycles. The van der Waals surface area contributed by atoms with Crippen LogP contribution in [0, 0.1) is 13.8 Å². The van der Waals surface area contributed by atoms with Gasteiger partial charge in [0.1, 0.15) is 5.75 Å². The van der Waals surface area contributed by atoms with E-state index < -0.39 is 5.97 Å². The van der Waals surface area contributed by atoms with Crippen LogP contribution >= 0.6 is 0 Å². The molecule has 4 nitrogen and oxygen atoms in total. The number of benzene rings is 2. The van der Waals surface area contributed by atoms with Crippen LogP contribution in [0.15, 0.2) is 53.2 Å². The Bertz CT molecular complexity index is 865. The Labute approximate surface area is 147 Å². The zero-order chi connectivity index (χ0) is 17.8. The van der Waals surface area contributed by atoms with Crippen LogP contribution in [0.5, 0.6) is 5.75 Å². The highest BCUT2D eigenvalue weighted by Gasteiger charge is 2.23. The van der Waals surface area contributed by atoms with Crippen molar-refractivity contribution >= 4 is 17.9 Å². The molecule has 0 aliphatic carbocycles. The molecule has 25 heavy (non-hydrogen) atoms. The number of ether oxygens (including phenoxy) is 2. The standard InChI is InChI=1S/C21H21NO3/c1-14-8-9-17(15(2)12-14)13-18-21(23)25-20(22-18)11-10-16-6-4-5-7-19(16)24-3/h4-9,12-13H,10-11H2,1-3H3/b18-13-. The molecule has 4 heteroatoms. The van der Waals surface area contributed by atoms with Gasteiger partial charge in [-0.25, -0.2) is 9.79 Å². The Kier molecular flexibility index (Phi) is 4.98. The predicted molar refractivity (Wildman–Crippen MR) is 98.7 cm³/mol. The third kappa shape index (κ3) is 3.97. The lowest BCUT2D eigenvalue weighted by molar-refractivity contribution is -0.130. The minimum atomic E-state index is -0.394. The van der Waals surface area contributed by atoms with Gasteiger partial charge in [0.2, 0.25) is 0 Å². The number of carbonyl (C=O) groups excluding carboxylic acids is 1. The monoisotopic (exact) mass is 335 g/mol. The molecule has 0 amide bonds. The molecular formula is C21H21NO3.